The van der Waals surface area contributed by atoms with Gasteiger partial charge in [0.25, 0.3) is 29.1 Å². The molecular formula is C78H113BrF6N8O17Si2. The van der Waals surface area contributed by atoms with Crippen molar-refractivity contribution >= 4 is 68.3 Å². The number of amides is 4. The number of pyridine rings is 2. The summed E-state index contributed by atoms with van der Waals surface area (Å²) in [7, 11) is -4.16. The average Bonchev–Trinajstić information content (AvgIpc) is 1.55. The van der Waals surface area contributed by atoms with Crippen LogP contribution in [0.3, 0.4) is 0 Å². The third-order valence-corrected chi connectivity index (χ3v) is 27.8. The summed E-state index contributed by atoms with van der Waals surface area (Å²) in [6.45, 7) is 45.6. The molecule has 6 rings (SSSR count). The van der Waals surface area contributed by atoms with Crippen molar-refractivity contribution in [3.63, 3.8) is 0 Å². The molecule has 0 saturated heterocycles. The first kappa shape index (κ1) is 95.1. The number of halogens is 7. The summed E-state index contributed by atoms with van der Waals surface area (Å²) >= 11 is 3.33. The van der Waals surface area contributed by atoms with Gasteiger partial charge < -0.3 is 60.6 Å². The summed E-state index contributed by atoms with van der Waals surface area (Å²) in [6.07, 6.45) is -15.9. The van der Waals surface area contributed by atoms with Crippen LogP contribution in [0.1, 0.15) is 198 Å². The predicted molar refractivity (Wildman–Crippen MR) is 418 cm³/mol. The van der Waals surface area contributed by atoms with Crippen LogP contribution >= 0.6 is 15.9 Å². The number of anilines is 2. The Hall–Kier alpha value is -7.45. The Morgan fingerprint density at radius 2 is 0.839 bits per heavy atom. The number of imide groups is 2. The second-order valence-electron chi connectivity index (χ2n) is 34.3. The molecule has 0 bridgehead atoms. The third kappa shape index (κ3) is 26.8. The summed E-state index contributed by atoms with van der Waals surface area (Å²) < 4.78 is 162. The number of benzene rings is 2. The van der Waals surface area contributed by atoms with E-state index in [2.05, 4.69) is 114 Å². The molecule has 34 heteroatoms. The normalized spacial score (nSPS) is 14.6. The van der Waals surface area contributed by atoms with Gasteiger partial charge in [0.1, 0.15) is 32.7 Å². The molecule has 0 spiro atoms. The maximum atomic E-state index is 15.5. The van der Waals surface area contributed by atoms with Gasteiger partial charge in [0, 0.05) is 43.8 Å². The van der Waals surface area contributed by atoms with Gasteiger partial charge in [-0.25, -0.2) is 24.2 Å². The van der Waals surface area contributed by atoms with Crippen molar-refractivity contribution in [1.29, 1.82) is 0 Å². The molecule has 6 aromatic rings. The molecule has 624 valence electrons. The molecular weight excluding hydrogens is 1570 g/mol. The first-order chi connectivity index (χ1) is 51.1. The van der Waals surface area contributed by atoms with Crippen LogP contribution in [0.15, 0.2) is 91.0 Å². The number of alkyl halides is 6. The van der Waals surface area contributed by atoms with E-state index in [0.717, 1.165) is 0 Å². The lowest BCUT2D eigenvalue weighted by molar-refractivity contribution is -0.302. The number of carbonyl (C=O) groups is 4. The molecule has 25 nitrogen and oxygen atoms in total. The molecule has 0 aliphatic carbocycles. The first-order valence-corrected chi connectivity index (χ1v) is 43.4. The number of hydrogen-bond acceptors (Lipinski definition) is 22. The molecule has 4 heterocycles. The van der Waals surface area contributed by atoms with E-state index in [1.54, 1.807) is 151 Å². The largest absolute Gasteiger partial charge is 0.443 e. The molecule has 112 heavy (non-hydrogen) atoms. The lowest BCUT2D eigenvalue weighted by Gasteiger charge is -2.38. The van der Waals surface area contributed by atoms with Gasteiger partial charge in [0.2, 0.25) is 11.2 Å². The number of hydrogen-bond donors (Lipinski definition) is 1. The maximum absolute atomic E-state index is 15.5. The van der Waals surface area contributed by atoms with Crippen LogP contribution in [-0.2, 0) is 71.2 Å². The van der Waals surface area contributed by atoms with Gasteiger partial charge in [-0.3, -0.25) is 4.79 Å². The molecule has 0 aliphatic rings. The Balaban J connectivity index is 0.000000400. The second-order valence-corrected chi connectivity index (χ2v) is 44.6. The Kier molecular flexibility index (Phi) is 31.8. The minimum absolute atomic E-state index is 0.0118. The minimum Gasteiger partial charge on any atom is -0.443 e. The minimum atomic E-state index is -5.13. The predicted octanol–water partition coefficient (Wildman–Crippen LogP) is 20.7. The highest BCUT2D eigenvalue weighted by Crippen LogP contribution is 2.49. The molecule has 4 aromatic heterocycles. The average molecular weight is 1680 g/mol. The van der Waals surface area contributed by atoms with Crippen molar-refractivity contribution in [2.75, 3.05) is 36.2 Å². The number of carbonyl (C=O) groups excluding carboxylic acids is 4. The van der Waals surface area contributed by atoms with Gasteiger partial charge >= 0.3 is 36.7 Å². The molecule has 0 aliphatic heterocycles. The number of ether oxygens (including phenoxy) is 8. The van der Waals surface area contributed by atoms with Crippen molar-refractivity contribution in [2.45, 2.75) is 286 Å². The fraction of sp³-hybridized carbons (Fsp3) is 0.615. The standard InChI is InChI=1S/C39H56BrF3N4O8Si.C39H57F3N4O9Si/c1-25-23-28(47(33(48)53-35(3,4)5)34(49)54-36(6,7)8)29(44-30(25)40)31-45-46-32(52-31)38(39(41,42)43,51-24-27-17-15-14-16-18-27)20-22-50-21-19-26(2)55-56(12,13)37(9,10)11;1-25-23-28(46(33(48)53-35(3,4)5)34(49)54-36(6,7)8)29(43-30(25)47)31-44-45-32(52-31)38(39(40,41)42,51-24-27-17-15-14-16-18-27)20-22-50-21-19-26(2)55-56(12,13)37(9,10)11/h14-18,23,26H,19-22,24H2,1-13H3;14-18,23,26H,19-22,24H2,1-13H3,(H,43,47)/t2*26-,38?/m00/s1. The maximum Gasteiger partial charge on any atom is 0.426 e. The van der Waals surface area contributed by atoms with Gasteiger partial charge in [-0.15, -0.1) is 20.4 Å². The molecule has 1 N–H and O–H groups in total. The van der Waals surface area contributed by atoms with E-state index in [4.69, 9.17) is 55.6 Å². The number of nitrogens with one attached hydrogen (secondary N) is 1. The van der Waals surface area contributed by atoms with E-state index in [1.807, 2.05) is 13.8 Å². The van der Waals surface area contributed by atoms with Crippen LogP contribution in [0.4, 0.5) is 56.9 Å². The van der Waals surface area contributed by atoms with Crippen LogP contribution in [0.2, 0.25) is 36.3 Å². The van der Waals surface area contributed by atoms with Crippen LogP contribution in [-0.4, -0.2) is 145 Å². The van der Waals surface area contributed by atoms with Crippen molar-refractivity contribution in [2.24, 2.45) is 0 Å². The lowest BCUT2D eigenvalue weighted by Crippen LogP contribution is -2.46. The highest BCUT2D eigenvalue weighted by molar-refractivity contribution is 9.10. The van der Waals surface area contributed by atoms with Gasteiger partial charge in [-0.05, 0) is 205 Å². The zero-order valence-corrected chi connectivity index (χ0v) is 73.0. The van der Waals surface area contributed by atoms with Gasteiger partial charge in [0.15, 0.2) is 22.3 Å². The molecule has 0 radical (unpaired) electrons. The first-order valence-electron chi connectivity index (χ1n) is 36.8. The lowest BCUT2D eigenvalue weighted by atomic mass is 9.98. The van der Waals surface area contributed by atoms with Crippen molar-refractivity contribution in [1.82, 2.24) is 30.4 Å². The summed E-state index contributed by atoms with van der Waals surface area (Å²) in [5.41, 5.74) is -11.2. The number of nitrogens with zero attached hydrogens (tertiary/aromatic N) is 7. The second kappa shape index (κ2) is 37.4. The highest BCUT2D eigenvalue weighted by Gasteiger charge is 2.63. The van der Waals surface area contributed by atoms with E-state index < -0.39 is 154 Å². The van der Waals surface area contributed by atoms with Gasteiger partial charge in [0.05, 0.1) is 37.8 Å². The molecule has 0 fully saturated rings. The molecule has 0 saturated carbocycles. The fourth-order valence-electron chi connectivity index (χ4n) is 9.95. The van der Waals surface area contributed by atoms with E-state index in [0.29, 0.717) is 39.3 Å². The van der Waals surface area contributed by atoms with E-state index in [9.17, 15) is 24.0 Å². The monoisotopic (exact) mass is 1680 g/mol. The highest BCUT2D eigenvalue weighted by atomic mass is 79.9. The SMILES string of the molecule is Cc1cc(N(C(=O)OC(C)(C)C)C(=O)OC(C)(C)C)c(-c2nnc(C(CCOCC[C@H](C)O[Si](C)(C)C(C)(C)C)(OCc3ccccc3)C(F)(F)F)o2)[nH]c1=O.Cc1cc(N(C(=O)OC(C)(C)C)C(=O)OC(C)(C)C)c(-c2nnc(C(CCOCC[C@H](C)O[Si](C)(C)C(C)(C)C)(OCc3ccccc3)C(F)(F)F)o2)nc1Br. The number of aromatic nitrogens is 6. The Labute approximate surface area is 663 Å². The van der Waals surface area contributed by atoms with Crippen LogP contribution < -0.4 is 15.4 Å². The Morgan fingerprint density at radius 3 is 1.19 bits per heavy atom. The number of H-pyrrole nitrogens is 1. The van der Waals surface area contributed by atoms with E-state index >= 15 is 26.3 Å². The van der Waals surface area contributed by atoms with Crippen molar-refractivity contribution < 1.29 is 101 Å². The smallest absolute Gasteiger partial charge is 0.426 e. The Morgan fingerprint density at radius 1 is 0.500 bits per heavy atom. The summed E-state index contributed by atoms with van der Waals surface area (Å²) in [5, 5.41) is 15.4. The van der Waals surface area contributed by atoms with Crippen LogP contribution in [0, 0.1) is 13.8 Å². The summed E-state index contributed by atoms with van der Waals surface area (Å²) in [4.78, 5) is 75.3. The number of aryl methyl sites for hydroxylation is 2. The molecule has 4 amide bonds. The van der Waals surface area contributed by atoms with Gasteiger partial charge in [-0.1, -0.05) is 102 Å². The molecule has 2 unspecified atom stereocenters. The van der Waals surface area contributed by atoms with E-state index in [1.165, 1.54) is 19.1 Å². The Bertz CT molecular complexity index is 4110. The zero-order valence-electron chi connectivity index (χ0n) is 69.4. The van der Waals surface area contributed by atoms with Crippen LogP contribution in [0.25, 0.3) is 23.2 Å². The number of rotatable bonds is 28. The zero-order chi connectivity index (χ0) is 85.0. The topological polar surface area (TPSA) is 291 Å². The van der Waals surface area contributed by atoms with Crippen molar-refractivity contribution in [3.05, 3.63) is 122 Å². The third-order valence-electron chi connectivity index (χ3n) is 17.8. The van der Waals surface area contributed by atoms with Crippen LogP contribution in [0.5, 0.6) is 0 Å². The number of aromatic amines is 1. The van der Waals surface area contributed by atoms with E-state index in [-0.39, 0.29) is 69.3 Å². The molecule has 2 aromatic carbocycles. The summed E-state index contributed by atoms with van der Waals surface area (Å²) in [6, 6.07) is 19.1. The summed E-state index contributed by atoms with van der Waals surface area (Å²) in [5.74, 6) is -3.12. The van der Waals surface area contributed by atoms with Crippen molar-refractivity contribution in [3.8, 4) is 23.2 Å². The fourth-order valence-corrected chi connectivity index (χ4v) is 13.2. The quantitative estimate of drug-likeness (QED) is 0.0157. The molecule has 4 atom stereocenters. The van der Waals surface area contributed by atoms with Gasteiger partial charge in [-0.2, -0.15) is 36.1 Å².